The number of aliphatic hydroxyl groups excluding tert-OH is 1. The highest BCUT2D eigenvalue weighted by atomic mass is 16.3. The highest BCUT2D eigenvalue weighted by Gasteiger charge is 2.38. The van der Waals surface area contributed by atoms with E-state index in [9.17, 15) is 5.11 Å². The number of hydrogen-bond acceptors (Lipinski definition) is 2. The second kappa shape index (κ2) is 6.06. The van der Waals surface area contributed by atoms with Crippen LogP contribution in [0.3, 0.4) is 0 Å². The summed E-state index contributed by atoms with van der Waals surface area (Å²) >= 11 is 0. The number of aliphatic hydroxyl groups is 1. The fourth-order valence-corrected chi connectivity index (χ4v) is 4.19. The van der Waals surface area contributed by atoms with E-state index in [2.05, 4.69) is 35.2 Å². The van der Waals surface area contributed by atoms with Crippen LogP contribution in [0.5, 0.6) is 0 Å². The molecule has 2 heteroatoms. The SMILES string of the molecule is OC[C@@H]1CCC[C@H]2CCCN(Cc3ccccc3)[C@H]21. The van der Waals surface area contributed by atoms with Crippen molar-refractivity contribution >= 4 is 0 Å². The Hall–Kier alpha value is -0.860. The van der Waals surface area contributed by atoms with Gasteiger partial charge in [0.1, 0.15) is 0 Å². The molecule has 0 spiro atoms. The molecule has 0 unspecified atom stereocenters. The van der Waals surface area contributed by atoms with Crippen LogP contribution >= 0.6 is 0 Å². The van der Waals surface area contributed by atoms with Crippen molar-refractivity contribution in [3.63, 3.8) is 0 Å². The van der Waals surface area contributed by atoms with Gasteiger partial charge in [-0.2, -0.15) is 0 Å². The Kier molecular flexibility index (Phi) is 4.19. The highest BCUT2D eigenvalue weighted by Crippen LogP contribution is 2.39. The first-order valence-corrected chi connectivity index (χ1v) is 7.77. The van der Waals surface area contributed by atoms with Crippen LogP contribution in [0.25, 0.3) is 0 Å². The van der Waals surface area contributed by atoms with Gasteiger partial charge in [0.15, 0.2) is 0 Å². The molecular weight excluding hydrogens is 234 g/mol. The van der Waals surface area contributed by atoms with Gasteiger partial charge in [-0.3, -0.25) is 4.90 Å². The van der Waals surface area contributed by atoms with Gasteiger partial charge in [-0.25, -0.2) is 0 Å². The molecule has 3 atom stereocenters. The number of likely N-dealkylation sites (tertiary alicyclic amines) is 1. The van der Waals surface area contributed by atoms with Crippen molar-refractivity contribution in [2.45, 2.75) is 44.7 Å². The second-order valence-electron chi connectivity index (χ2n) is 6.22. The zero-order chi connectivity index (χ0) is 13.1. The van der Waals surface area contributed by atoms with E-state index in [0.29, 0.717) is 18.6 Å². The predicted molar refractivity (Wildman–Crippen MR) is 77.8 cm³/mol. The topological polar surface area (TPSA) is 23.5 Å². The number of hydrogen-bond donors (Lipinski definition) is 1. The van der Waals surface area contributed by atoms with Crippen molar-refractivity contribution in [2.24, 2.45) is 11.8 Å². The normalized spacial score (nSPS) is 31.9. The molecule has 0 amide bonds. The summed E-state index contributed by atoms with van der Waals surface area (Å²) in [5, 5.41) is 9.69. The average Bonchev–Trinajstić information content (AvgIpc) is 2.48. The van der Waals surface area contributed by atoms with E-state index in [1.54, 1.807) is 0 Å². The molecule has 1 saturated carbocycles. The van der Waals surface area contributed by atoms with Crippen LogP contribution in [0.1, 0.15) is 37.7 Å². The quantitative estimate of drug-likeness (QED) is 0.902. The van der Waals surface area contributed by atoms with Crippen molar-refractivity contribution in [2.75, 3.05) is 13.2 Å². The first kappa shape index (κ1) is 13.1. The lowest BCUT2D eigenvalue weighted by Gasteiger charge is -2.48. The molecule has 1 aromatic rings. The van der Waals surface area contributed by atoms with Gasteiger partial charge >= 0.3 is 0 Å². The summed E-state index contributed by atoms with van der Waals surface area (Å²) < 4.78 is 0. The van der Waals surface area contributed by atoms with Gasteiger partial charge < -0.3 is 5.11 Å². The van der Waals surface area contributed by atoms with E-state index in [1.807, 2.05) is 0 Å². The summed E-state index contributed by atoms with van der Waals surface area (Å²) in [6.07, 6.45) is 6.58. The zero-order valence-electron chi connectivity index (χ0n) is 11.7. The number of piperidine rings is 1. The number of nitrogens with zero attached hydrogens (tertiary/aromatic N) is 1. The third-order valence-electron chi connectivity index (χ3n) is 5.02. The Morgan fingerprint density at radius 3 is 2.63 bits per heavy atom. The van der Waals surface area contributed by atoms with Gasteiger partial charge in [0.05, 0.1) is 0 Å². The number of rotatable bonds is 3. The van der Waals surface area contributed by atoms with Crippen LogP contribution in [0.4, 0.5) is 0 Å². The summed E-state index contributed by atoms with van der Waals surface area (Å²) in [6, 6.07) is 11.4. The molecule has 104 valence electrons. The van der Waals surface area contributed by atoms with E-state index in [-0.39, 0.29) is 0 Å². The fourth-order valence-electron chi connectivity index (χ4n) is 4.19. The summed E-state index contributed by atoms with van der Waals surface area (Å²) in [5.74, 6) is 1.33. The molecule has 0 radical (unpaired) electrons. The molecule has 1 aliphatic heterocycles. The molecule has 3 rings (SSSR count). The zero-order valence-corrected chi connectivity index (χ0v) is 11.7. The van der Waals surface area contributed by atoms with E-state index in [4.69, 9.17) is 0 Å². The van der Waals surface area contributed by atoms with Crippen molar-refractivity contribution in [3.8, 4) is 0 Å². The maximum absolute atomic E-state index is 9.69. The fraction of sp³-hybridized carbons (Fsp3) is 0.647. The minimum absolute atomic E-state index is 0.368. The Labute approximate surface area is 116 Å². The van der Waals surface area contributed by atoms with Gasteiger partial charge in [-0.15, -0.1) is 0 Å². The predicted octanol–water partition coefficient (Wildman–Crippen LogP) is 3.06. The van der Waals surface area contributed by atoms with Crippen molar-refractivity contribution < 1.29 is 5.11 Å². The van der Waals surface area contributed by atoms with Gasteiger partial charge in [0.25, 0.3) is 0 Å². The monoisotopic (exact) mass is 259 g/mol. The van der Waals surface area contributed by atoms with Crippen molar-refractivity contribution in [3.05, 3.63) is 35.9 Å². The Morgan fingerprint density at radius 1 is 1.05 bits per heavy atom. The first-order chi connectivity index (χ1) is 9.38. The minimum Gasteiger partial charge on any atom is -0.396 e. The summed E-state index contributed by atoms with van der Waals surface area (Å²) in [5.41, 5.74) is 1.41. The van der Waals surface area contributed by atoms with Gasteiger partial charge in [0.2, 0.25) is 0 Å². The Balaban J connectivity index is 1.75. The van der Waals surface area contributed by atoms with E-state index in [0.717, 1.165) is 12.5 Å². The molecule has 2 fully saturated rings. The lowest BCUT2D eigenvalue weighted by molar-refractivity contribution is -0.00730. The van der Waals surface area contributed by atoms with Crippen LogP contribution in [0.2, 0.25) is 0 Å². The third-order valence-corrected chi connectivity index (χ3v) is 5.02. The molecule has 1 aliphatic carbocycles. The number of benzene rings is 1. The van der Waals surface area contributed by atoms with Crippen LogP contribution in [0, 0.1) is 11.8 Å². The molecule has 1 aromatic carbocycles. The molecular formula is C17H25NO. The summed E-state index contributed by atoms with van der Waals surface area (Å²) in [7, 11) is 0. The standard InChI is InChI=1S/C17H25NO/c19-13-16-9-4-8-15-10-5-11-18(17(15)16)12-14-6-2-1-3-7-14/h1-3,6-7,15-17,19H,4-5,8-13H2/t15-,16-,17+/m0/s1. The highest BCUT2D eigenvalue weighted by molar-refractivity contribution is 5.15. The lowest BCUT2D eigenvalue weighted by atomic mass is 9.72. The van der Waals surface area contributed by atoms with Crippen LogP contribution in [-0.2, 0) is 6.54 Å². The maximum Gasteiger partial charge on any atom is 0.0474 e. The van der Waals surface area contributed by atoms with E-state index < -0.39 is 0 Å². The van der Waals surface area contributed by atoms with Gasteiger partial charge in [0, 0.05) is 19.2 Å². The Bertz CT molecular complexity index is 383. The molecule has 1 N–H and O–H groups in total. The summed E-state index contributed by atoms with van der Waals surface area (Å²) in [6.45, 7) is 2.62. The maximum atomic E-state index is 9.69. The van der Waals surface area contributed by atoms with Crippen LogP contribution in [0.15, 0.2) is 30.3 Å². The van der Waals surface area contributed by atoms with Crippen LogP contribution in [-0.4, -0.2) is 29.2 Å². The third kappa shape index (κ3) is 2.85. The molecule has 2 aliphatic rings. The Morgan fingerprint density at radius 2 is 1.84 bits per heavy atom. The first-order valence-electron chi connectivity index (χ1n) is 7.77. The molecule has 2 nitrogen and oxygen atoms in total. The van der Waals surface area contributed by atoms with Crippen molar-refractivity contribution in [1.82, 2.24) is 4.90 Å². The molecule has 19 heavy (non-hydrogen) atoms. The number of fused-ring (bicyclic) bond motifs is 1. The second-order valence-corrected chi connectivity index (χ2v) is 6.22. The molecule has 0 aromatic heterocycles. The molecule has 1 heterocycles. The molecule has 0 bridgehead atoms. The average molecular weight is 259 g/mol. The van der Waals surface area contributed by atoms with E-state index >= 15 is 0 Å². The van der Waals surface area contributed by atoms with Gasteiger partial charge in [-0.1, -0.05) is 36.8 Å². The van der Waals surface area contributed by atoms with Crippen LogP contribution < -0.4 is 0 Å². The molecule has 1 saturated heterocycles. The minimum atomic E-state index is 0.368. The lowest BCUT2D eigenvalue weighted by Crippen LogP contribution is -2.51. The summed E-state index contributed by atoms with van der Waals surface area (Å²) in [4.78, 5) is 2.64. The smallest absolute Gasteiger partial charge is 0.0474 e. The van der Waals surface area contributed by atoms with Crippen molar-refractivity contribution in [1.29, 1.82) is 0 Å². The van der Waals surface area contributed by atoms with Gasteiger partial charge in [-0.05, 0) is 49.6 Å². The largest absolute Gasteiger partial charge is 0.396 e. The van der Waals surface area contributed by atoms with E-state index in [1.165, 1.54) is 44.2 Å².